The molecule has 1 aliphatic heterocycles. The first-order valence-corrected chi connectivity index (χ1v) is 7.07. The number of hydrogen-bond acceptors (Lipinski definition) is 3. The third-order valence-corrected chi connectivity index (χ3v) is 3.29. The summed E-state index contributed by atoms with van der Waals surface area (Å²) in [5.41, 5.74) is 1.50. The highest BCUT2D eigenvalue weighted by Crippen LogP contribution is 2.34. The summed E-state index contributed by atoms with van der Waals surface area (Å²) in [4.78, 5) is 24.3. The highest BCUT2D eigenvalue weighted by atomic mass is 16.6. The van der Waals surface area contributed by atoms with Crippen molar-refractivity contribution in [3.05, 3.63) is 47.2 Å². The Morgan fingerprint density at radius 3 is 2.43 bits per heavy atom. The van der Waals surface area contributed by atoms with Crippen molar-refractivity contribution in [3.8, 4) is 0 Å². The lowest BCUT2D eigenvalue weighted by molar-refractivity contribution is -0.150. The van der Waals surface area contributed by atoms with Gasteiger partial charge in [0.2, 0.25) is 5.91 Å². The van der Waals surface area contributed by atoms with Crippen molar-refractivity contribution < 1.29 is 14.3 Å². The average Bonchev–Trinajstić information content (AvgIpc) is 2.36. The molecule has 1 aromatic rings. The van der Waals surface area contributed by atoms with E-state index in [-0.39, 0.29) is 24.2 Å². The second kappa shape index (κ2) is 5.72. The van der Waals surface area contributed by atoms with Gasteiger partial charge in [0.25, 0.3) is 0 Å². The zero-order valence-corrected chi connectivity index (χ0v) is 12.9. The van der Waals surface area contributed by atoms with Crippen LogP contribution in [0.2, 0.25) is 0 Å². The summed E-state index contributed by atoms with van der Waals surface area (Å²) in [5.74, 6) is -0.697. The van der Waals surface area contributed by atoms with Crippen LogP contribution >= 0.6 is 0 Å². The van der Waals surface area contributed by atoms with E-state index in [1.165, 1.54) is 0 Å². The van der Waals surface area contributed by atoms with E-state index in [9.17, 15) is 9.59 Å². The smallest absolute Gasteiger partial charge is 0.336 e. The first-order valence-electron chi connectivity index (χ1n) is 7.07. The highest BCUT2D eigenvalue weighted by molar-refractivity contribution is 5.96. The van der Waals surface area contributed by atoms with Gasteiger partial charge in [0.1, 0.15) is 5.60 Å². The molecular formula is C17H21NO3. The van der Waals surface area contributed by atoms with Gasteiger partial charge in [-0.1, -0.05) is 30.3 Å². The lowest BCUT2D eigenvalue weighted by atomic mass is 9.84. The Labute approximate surface area is 125 Å². The molecule has 1 heterocycles. The van der Waals surface area contributed by atoms with Gasteiger partial charge in [-0.05, 0) is 33.3 Å². The highest BCUT2D eigenvalue weighted by Gasteiger charge is 2.34. The molecule has 0 aromatic heterocycles. The fourth-order valence-electron chi connectivity index (χ4n) is 2.47. The number of esters is 1. The molecule has 0 aliphatic carbocycles. The second-order valence-electron chi connectivity index (χ2n) is 6.26. The minimum Gasteiger partial charge on any atom is -0.457 e. The summed E-state index contributed by atoms with van der Waals surface area (Å²) < 4.78 is 5.49. The summed E-state index contributed by atoms with van der Waals surface area (Å²) in [6, 6.07) is 9.59. The molecule has 1 aliphatic rings. The molecule has 0 saturated heterocycles. The lowest BCUT2D eigenvalue weighted by Crippen LogP contribution is -2.36. The molecule has 0 unspecified atom stereocenters. The van der Waals surface area contributed by atoms with E-state index >= 15 is 0 Å². The molecule has 0 radical (unpaired) electrons. The van der Waals surface area contributed by atoms with E-state index in [1.54, 1.807) is 6.92 Å². The van der Waals surface area contributed by atoms with Crippen molar-refractivity contribution in [2.75, 3.05) is 0 Å². The molecule has 2 rings (SSSR count). The number of carbonyl (C=O) groups is 2. The molecule has 112 valence electrons. The summed E-state index contributed by atoms with van der Waals surface area (Å²) >= 11 is 0. The lowest BCUT2D eigenvalue weighted by Gasteiger charge is -2.29. The van der Waals surface area contributed by atoms with Crippen LogP contribution in [0.4, 0.5) is 0 Å². The van der Waals surface area contributed by atoms with Crippen molar-refractivity contribution in [2.24, 2.45) is 0 Å². The Bertz CT molecular complexity index is 582. The first-order chi connectivity index (χ1) is 9.78. The van der Waals surface area contributed by atoms with E-state index in [0.717, 1.165) is 5.56 Å². The van der Waals surface area contributed by atoms with Gasteiger partial charge < -0.3 is 10.1 Å². The monoisotopic (exact) mass is 287 g/mol. The quantitative estimate of drug-likeness (QED) is 0.851. The summed E-state index contributed by atoms with van der Waals surface area (Å²) in [6.07, 6.45) is 0.260. The van der Waals surface area contributed by atoms with Crippen LogP contribution in [0.15, 0.2) is 41.6 Å². The van der Waals surface area contributed by atoms with Crippen LogP contribution in [0.5, 0.6) is 0 Å². The van der Waals surface area contributed by atoms with E-state index in [2.05, 4.69) is 5.32 Å². The van der Waals surface area contributed by atoms with Crippen LogP contribution in [0, 0.1) is 0 Å². The van der Waals surface area contributed by atoms with Crippen LogP contribution in [0.3, 0.4) is 0 Å². The molecule has 0 spiro atoms. The average molecular weight is 287 g/mol. The number of rotatable bonds is 2. The van der Waals surface area contributed by atoms with E-state index in [1.807, 2.05) is 51.1 Å². The molecule has 4 nitrogen and oxygen atoms in total. The van der Waals surface area contributed by atoms with Crippen molar-refractivity contribution in [1.82, 2.24) is 5.32 Å². The number of amides is 1. The summed E-state index contributed by atoms with van der Waals surface area (Å²) in [6.45, 7) is 7.24. The predicted octanol–water partition coefficient (Wildman–Crippen LogP) is 2.91. The largest absolute Gasteiger partial charge is 0.457 e. The molecule has 21 heavy (non-hydrogen) atoms. The Hall–Kier alpha value is -2.10. The number of hydrogen-bond donors (Lipinski definition) is 1. The molecule has 0 fully saturated rings. The molecule has 4 heteroatoms. The fourth-order valence-corrected chi connectivity index (χ4v) is 2.47. The standard InChI is InChI=1S/C17H21NO3/c1-11-15(16(20)21-17(2,3)4)13(10-14(19)18-11)12-8-6-5-7-9-12/h5-9,13H,10H2,1-4H3,(H,18,19)/t13-/m1/s1. The van der Waals surface area contributed by atoms with Crippen molar-refractivity contribution in [3.63, 3.8) is 0 Å². The van der Waals surface area contributed by atoms with Gasteiger partial charge in [0, 0.05) is 18.0 Å². The third-order valence-electron chi connectivity index (χ3n) is 3.29. The van der Waals surface area contributed by atoms with Gasteiger partial charge in [-0.15, -0.1) is 0 Å². The zero-order chi connectivity index (χ0) is 15.6. The maximum atomic E-state index is 12.5. The van der Waals surface area contributed by atoms with Crippen molar-refractivity contribution in [1.29, 1.82) is 0 Å². The van der Waals surface area contributed by atoms with E-state index < -0.39 is 5.60 Å². The Kier molecular flexibility index (Phi) is 4.16. The van der Waals surface area contributed by atoms with Crippen LogP contribution in [-0.4, -0.2) is 17.5 Å². The second-order valence-corrected chi connectivity index (χ2v) is 6.26. The van der Waals surface area contributed by atoms with Gasteiger partial charge in [0.15, 0.2) is 0 Å². The Morgan fingerprint density at radius 2 is 1.86 bits per heavy atom. The number of ether oxygens (including phenoxy) is 1. The van der Waals surface area contributed by atoms with Gasteiger partial charge in [-0.2, -0.15) is 0 Å². The zero-order valence-electron chi connectivity index (χ0n) is 12.9. The number of carbonyl (C=O) groups excluding carboxylic acids is 2. The van der Waals surface area contributed by atoms with Gasteiger partial charge in [0.05, 0.1) is 5.57 Å². The SMILES string of the molecule is CC1=C(C(=O)OC(C)(C)C)[C@@H](c2ccccc2)CC(=O)N1. The number of nitrogens with one attached hydrogen (secondary N) is 1. The molecular weight excluding hydrogens is 266 g/mol. The van der Waals surface area contributed by atoms with Gasteiger partial charge >= 0.3 is 5.97 Å². The van der Waals surface area contributed by atoms with E-state index in [4.69, 9.17) is 4.74 Å². The first kappa shape index (κ1) is 15.3. The topological polar surface area (TPSA) is 55.4 Å². The van der Waals surface area contributed by atoms with Gasteiger partial charge in [-0.25, -0.2) is 4.79 Å². The maximum Gasteiger partial charge on any atom is 0.336 e. The summed E-state index contributed by atoms with van der Waals surface area (Å²) in [7, 11) is 0. The minimum atomic E-state index is -0.562. The molecule has 1 N–H and O–H groups in total. The number of allylic oxidation sites excluding steroid dienone is 1. The molecule has 0 saturated carbocycles. The Balaban J connectivity index is 2.40. The minimum absolute atomic E-state index is 0.0753. The van der Waals surface area contributed by atoms with Crippen LogP contribution in [-0.2, 0) is 14.3 Å². The van der Waals surface area contributed by atoms with Crippen molar-refractivity contribution in [2.45, 2.75) is 45.6 Å². The maximum absolute atomic E-state index is 12.5. The fraction of sp³-hybridized carbons (Fsp3) is 0.412. The molecule has 1 aromatic carbocycles. The molecule has 1 amide bonds. The van der Waals surface area contributed by atoms with E-state index in [0.29, 0.717) is 11.3 Å². The van der Waals surface area contributed by atoms with Crippen LogP contribution < -0.4 is 5.32 Å². The Morgan fingerprint density at radius 1 is 1.24 bits per heavy atom. The summed E-state index contributed by atoms with van der Waals surface area (Å²) in [5, 5.41) is 2.74. The normalized spacial score (nSPS) is 19.2. The third kappa shape index (κ3) is 3.72. The van der Waals surface area contributed by atoms with Crippen molar-refractivity contribution >= 4 is 11.9 Å². The molecule has 1 atom stereocenters. The van der Waals surface area contributed by atoms with Crippen LogP contribution in [0.25, 0.3) is 0 Å². The molecule has 0 bridgehead atoms. The predicted molar refractivity (Wildman–Crippen MR) is 80.5 cm³/mol. The number of benzene rings is 1. The van der Waals surface area contributed by atoms with Gasteiger partial charge in [-0.3, -0.25) is 4.79 Å². The van der Waals surface area contributed by atoms with Crippen LogP contribution in [0.1, 0.15) is 45.6 Å².